The van der Waals surface area contributed by atoms with Crippen molar-refractivity contribution in [3.05, 3.63) is 74.9 Å². The van der Waals surface area contributed by atoms with E-state index in [0.29, 0.717) is 11.1 Å². The molecule has 0 bridgehead atoms. The molecule has 0 spiro atoms. The van der Waals surface area contributed by atoms with Crippen molar-refractivity contribution in [2.24, 2.45) is 5.16 Å². The highest BCUT2D eigenvalue weighted by molar-refractivity contribution is 6.27. The lowest BCUT2D eigenvalue weighted by Crippen LogP contribution is -2.58. The molecule has 46 heavy (non-hydrogen) atoms. The number of nitrogens with one attached hydrogen (secondary N) is 1. The minimum Gasteiger partial charge on any atom is -0.478 e. The molecular weight excluding hydrogens is 600 g/mol. The van der Waals surface area contributed by atoms with E-state index in [1.54, 1.807) is 19.9 Å². The Labute approximate surface area is 263 Å². The number of methoxy groups -OCH3 is 3. The van der Waals surface area contributed by atoms with Crippen molar-refractivity contribution in [1.29, 1.82) is 0 Å². The van der Waals surface area contributed by atoms with Crippen LogP contribution in [0.1, 0.15) is 87.7 Å². The average molecular weight is 633 g/mol. The van der Waals surface area contributed by atoms with Crippen LogP contribution >= 0.6 is 0 Å². The summed E-state index contributed by atoms with van der Waals surface area (Å²) in [6.07, 6.45) is -1.04. The van der Waals surface area contributed by atoms with Crippen molar-refractivity contribution < 1.29 is 53.2 Å². The minimum atomic E-state index is -1.75. The Morgan fingerprint density at radius 3 is 2.17 bits per heavy atom. The van der Waals surface area contributed by atoms with E-state index in [0.717, 1.165) is 12.2 Å². The molecule has 0 aromatic heterocycles. The van der Waals surface area contributed by atoms with E-state index >= 15 is 0 Å². The maximum absolute atomic E-state index is 14.6. The number of carboxylic acids is 1. The fourth-order valence-electron chi connectivity index (χ4n) is 7.43. The van der Waals surface area contributed by atoms with E-state index in [-0.39, 0.29) is 57.6 Å². The zero-order chi connectivity index (χ0) is 33.2. The van der Waals surface area contributed by atoms with Crippen molar-refractivity contribution in [2.75, 3.05) is 26.6 Å². The molecule has 0 amide bonds. The van der Waals surface area contributed by atoms with Gasteiger partial charge in [-0.05, 0) is 67.7 Å². The first-order valence-electron chi connectivity index (χ1n) is 14.6. The van der Waals surface area contributed by atoms with Gasteiger partial charge >= 0.3 is 5.97 Å². The van der Waals surface area contributed by atoms with Crippen LogP contribution < -0.4 is 5.32 Å². The maximum atomic E-state index is 14.6. The third-order valence-electron chi connectivity index (χ3n) is 9.54. The molecule has 3 N–H and O–H groups in total. The van der Waals surface area contributed by atoms with Crippen LogP contribution in [0.25, 0.3) is 0 Å². The molecular formula is C33H32N2O11. The Morgan fingerprint density at radius 1 is 0.978 bits per heavy atom. The molecule has 1 fully saturated rings. The fraction of sp³-hybridized carbons (Fsp3) is 0.394. The lowest BCUT2D eigenvalue weighted by molar-refractivity contribution is -0.111. The number of hydrogen-bond donors (Lipinski definition) is 3. The van der Waals surface area contributed by atoms with Crippen LogP contribution in [-0.4, -0.2) is 96.6 Å². The number of oxime groups is 1. The van der Waals surface area contributed by atoms with Gasteiger partial charge in [0.15, 0.2) is 29.4 Å². The van der Waals surface area contributed by atoms with Crippen LogP contribution in [0.2, 0.25) is 0 Å². The van der Waals surface area contributed by atoms with E-state index in [1.165, 1.54) is 33.5 Å². The number of hydrogen-bond acceptors (Lipinski definition) is 12. The van der Waals surface area contributed by atoms with Crippen molar-refractivity contribution >= 4 is 40.5 Å². The van der Waals surface area contributed by atoms with Gasteiger partial charge in [0.2, 0.25) is 0 Å². The molecule has 3 aliphatic carbocycles. The summed E-state index contributed by atoms with van der Waals surface area (Å²) < 4.78 is 23.2. The van der Waals surface area contributed by atoms with Crippen LogP contribution in [0.5, 0.6) is 0 Å². The molecule has 1 heterocycles. The third-order valence-corrected chi connectivity index (χ3v) is 9.54. The lowest BCUT2D eigenvalue weighted by Gasteiger charge is -2.47. The first-order chi connectivity index (χ1) is 21.9. The number of ether oxygens (including phenoxy) is 4. The van der Waals surface area contributed by atoms with Crippen molar-refractivity contribution in [2.45, 2.75) is 62.7 Å². The highest BCUT2D eigenvalue weighted by Crippen LogP contribution is 2.52. The van der Waals surface area contributed by atoms with E-state index in [1.807, 2.05) is 0 Å². The molecule has 6 unspecified atom stereocenters. The maximum Gasteiger partial charge on any atom is 0.338 e. The summed E-state index contributed by atoms with van der Waals surface area (Å²) in [5.41, 5.74) is -0.667. The number of benzene rings is 2. The number of rotatable bonds is 6. The number of carbonyl (C=O) groups excluding carboxylic acids is 4. The Hall–Kier alpha value is -4.56. The number of nitrogens with zero attached hydrogens (tertiary/aromatic N) is 1. The molecule has 6 rings (SSSR count). The number of aryl methyl sites for hydroxylation is 2. The summed E-state index contributed by atoms with van der Waals surface area (Å²) in [5.74, 6) is -4.72. The van der Waals surface area contributed by atoms with Gasteiger partial charge in [0.05, 0.1) is 23.3 Å². The SMILES string of the molecule is COC1/C(=N/O)C(OC)C(Nc2c(C(=O)O)c(C)cc3c2C2C(=O)c4cc5c(cc4C(=O)C2(OC)CC3)C(=O)C=CC5=O)OC1C. The standard InChI is InChI=1S/C33H32N2O11/c1-13-10-15-8-9-33(45-5)24(27(38)18-11-16-17(12-19(18)30(33)39)21(37)7-6-20(16)36)23(15)25(22(13)32(40)41)34-31-29(44-4)26(35-42)28(43-3)14(2)46-31/h6-7,10-12,14,24,28-29,31,34,42H,8-9H2,1-5H3,(H,40,41)/b35-26-. The first-order valence-corrected chi connectivity index (χ1v) is 14.6. The fourth-order valence-corrected chi connectivity index (χ4v) is 7.43. The van der Waals surface area contributed by atoms with Gasteiger partial charge in [-0.3, -0.25) is 19.2 Å². The third kappa shape index (κ3) is 4.37. The molecule has 4 aliphatic rings. The molecule has 240 valence electrons. The van der Waals surface area contributed by atoms with Gasteiger partial charge in [-0.2, -0.15) is 0 Å². The van der Waals surface area contributed by atoms with E-state index < -0.39 is 65.2 Å². The van der Waals surface area contributed by atoms with Crippen molar-refractivity contribution in [1.82, 2.24) is 0 Å². The normalized spacial score (nSPS) is 29.2. The molecule has 2 aromatic rings. The average Bonchev–Trinajstić information content (AvgIpc) is 3.03. The number of carboxylic acid groups (broad SMARTS) is 1. The van der Waals surface area contributed by atoms with E-state index in [4.69, 9.17) is 18.9 Å². The Morgan fingerprint density at radius 2 is 1.61 bits per heavy atom. The number of Topliss-reactive ketones (excluding diaryl/α,β-unsaturated/α-hetero) is 2. The zero-order valence-electron chi connectivity index (χ0n) is 25.7. The topological polar surface area (TPSA) is 187 Å². The zero-order valence-corrected chi connectivity index (χ0v) is 25.7. The molecule has 6 atom stereocenters. The molecule has 2 aromatic carbocycles. The summed E-state index contributed by atoms with van der Waals surface area (Å²) in [5, 5.41) is 26.9. The number of anilines is 1. The van der Waals surface area contributed by atoms with Gasteiger partial charge in [0.1, 0.15) is 23.5 Å². The second-order valence-electron chi connectivity index (χ2n) is 11.8. The highest BCUT2D eigenvalue weighted by Gasteiger charge is 2.58. The number of fused-ring (bicyclic) bond motifs is 5. The van der Waals surface area contributed by atoms with Gasteiger partial charge < -0.3 is 34.6 Å². The van der Waals surface area contributed by atoms with Crippen LogP contribution in [0.15, 0.2) is 35.5 Å². The van der Waals surface area contributed by atoms with Crippen LogP contribution in [0.4, 0.5) is 5.69 Å². The highest BCUT2D eigenvalue weighted by atomic mass is 16.6. The lowest BCUT2D eigenvalue weighted by atomic mass is 9.60. The second-order valence-corrected chi connectivity index (χ2v) is 11.8. The predicted octanol–water partition coefficient (Wildman–Crippen LogP) is 3.14. The first kappa shape index (κ1) is 31.4. The monoisotopic (exact) mass is 632 g/mol. The Balaban J connectivity index is 1.58. The van der Waals surface area contributed by atoms with Gasteiger partial charge in [-0.1, -0.05) is 11.2 Å². The van der Waals surface area contributed by atoms with E-state index in [2.05, 4.69) is 10.5 Å². The van der Waals surface area contributed by atoms with Crippen LogP contribution in [0.3, 0.4) is 0 Å². The van der Waals surface area contributed by atoms with Crippen molar-refractivity contribution in [3.63, 3.8) is 0 Å². The van der Waals surface area contributed by atoms with Crippen LogP contribution in [-0.2, 0) is 25.4 Å². The Kier molecular flexibility index (Phi) is 7.75. The molecule has 13 nitrogen and oxygen atoms in total. The van der Waals surface area contributed by atoms with Gasteiger partial charge in [-0.25, -0.2) is 4.79 Å². The summed E-state index contributed by atoms with van der Waals surface area (Å²) in [7, 11) is 4.09. The Bertz CT molecular complexity index is 1790. The van der Waals surface area contributed by atoms with Crippen molar-refractivity contribution in [3.8, 4) is 0 Å². The minimum absolute atomic E-state index is 0.00197. The number of carbonyl (C=O) groups is 5. The van der Waals surface area contributed by atoms with Gasteiger partial charge in [0.25, 0.3) is 0 Å². The smallest absolute Gasteiger partial charge is 0.338 e. The number of ketones is 4. The number of aromatic carboxylic acids is 1. The molecule has 1 saturated heterocycles. The molecule has 0 saturated carbocycles. The quantitative estimate of drug-likeness (QED) is 0.312. The summed E-state index contributed by atoms with van der Waals surface area (Å²) in [6, 6.07) is 4.22. The number of allylic oxidation sites excluding steroid dienone is 2. The van der Waals surface area contributed by atoms with E-state index in [9.17, 15) is 34.3 Å². The molecule has 1 aliphatic heterocycles. The largest absolute Gasteiger partial charge is 0.478 e. The summed E-state index contributed by atoms with van der Waals surface area (Å²) in [6.45, 7) is 3.31. The van der Waals surface area contributed by atoms with Gasteiger partial charge in [-0.15, -0.1) is 0 Å². The predicted molar refractivity (Wildman–Crippen MR) is 161 cm³/mol. The molecule has 0 radical (unpaired) electrons. The summed E-state index contributed by atoms with van der Waals surface area (Å²) in [4.78, 5) is 67.2. The summed E-state index contributed by atoms with van der Waals surface area (Å²) >= 11 is 0. The van der Waals surface area contributed by atoms with Gasteiger partial charge in [0, 0.05) is 43.6 Å². The van der Waals surface area contributed by atoms with Crippen LogP contribution in [0, 0.1) is 6.92 Å². The second kappa shape index (κ2) is 11.4. The molecule has 13 heteroatoms.